The summed E-state index contributed by atoms with van der Waals surface area (Å²) in [4.78, 5) is 0. The number of hydrogen-bond donors (Lipinski definition) is 1. The van der Waals surface area contributed by atoms with Crippen LogP contribution in [0.25, 0.3) is 0 Å². The summed E-state index contributed by atoms with van der Waals surface area (Å²) in [5.41, 5.74) is 9.00. The average molecular weight is 205 g/mol. The highest BCUT2D eigenvalue weighted by Gasteiger charge is 2.25. The molecule has 0 fully saturated rings. The van der Waals surface area contributed by atoms with Gasteiger partial charge in [-0.1, -0.05) is 44.5 Å². The minimum absolute atomic E-state index is 0.0964. The Morgan fingerprint density at radius 3 is 2.47 bits per heavy atom. The van der Waals surface area contributed by atoms with Crippen LogP contribution in [0.15, 0.2) is 24.3 Å². The fourth-order valence-electron chi connectivity index (χ4n) is 1.86. The van der Waals surface area contributed by atoms with E-state index < -0.39 is 0 Å². The van der Waals surface area contributed by atoms with E-state index in [4.69, 9.17) is 5.73 Å². The van der Waals surface area contributed by atoms with Gasteiger partial charge in [0.2, 0.25) is 0 Å². The summed E-state index contributed by atoms with van der Waals surface area (Å²) in [6.45, 7) is 8.75. The van der Waals surface area contributed by atoms with Crippen molar-refractivity contribution in [1.82, 2.24) is 0 Å². The molecule has 2 atom stereocenters. The normalized spacial score (nSPS) is 17.1. The zero-order chi connectivity index (χ0) is 11.5. The molecule has 0 aliphatic heterocycles. The maximum absolute atomic E-state index is 6.37. The van der Waals surface area contributed by atoms with Crippen LogP contribution < -0.4 is 5.73 Å². The molecule has 0 aromatic heterocycles. The summed E-state index contributed by atoms with van der Waals surface area (Å²) >= 11 is 0. The van der Waals surface area contributed by atoms with E-state index in [-0.39, 0.29) is 5.54 Å². The summed E-state index contributed by atoms with van der Waals surface area (Å²) in [5, 5.41) is 0. The maximum atomic E-state index is 6.37. The molecule has 15 heavy (non-hydrogen) atoms. The smallest absolute Gasteiger partial charge is 0.0192 e. The van der Waals surface area contributed by atoms with E-state index in [9.17, 15) is 0 Å². The average Bonchev–Trinajstić information content (AvgIpc) is 2.20. The third kappa shape index (κ3) is 3.07. The molecule has 2 N–H and O–H groups in total. The first kappa shape index (κ1) is 12.3. The monoisotopic (exact) mass is 205 g/mol. The van der Waals surface area contributed by atoms with Crippen molar-refractivity contribution in [3.05, 3.63) is 35.4 Å². The van der Waals surface area contributed by atoms with Gasteiger partial charge in [0.05, 0.1) is 0 Å². The molecule has 1 rings (SSSR count). The van der Waals surface area contributed by atoms with Crippen molar-refractivity contribution in [3.8, 4) is 0 Å². The largest absolute Gasteiger partial charge is 0.325 e. The molecule has 1 aromatic rings. The van der Waals surface area contributed by atoms with Crippen molar-refractivity contribution in [2.45, 2.75) is 46.1 Å². The molecule has 0 saturated heterocycles. The van der Waals surface area contributed by atoms with Gasteiger partial charge in [-0.2, -0.15) is 0 Å². The molecule has 0 aliphatic carbocycles. The lowest BCUT2D eigenvalue weighted by Crippen LogP contribution is -2.45. The van der Waals surface area contributed by atoms with Crippen LogP contribution in [-0.2, 0) is 6.42 Å². The number of benzene rings is 1. The Balaban J connectivity index is 2.81. The highest BCUT2D eigenvalue weighted by atomic mass is 14.7. The van der Waals surface area contributed by atoms with Crippen molar-refractivity contribution in [3.63, 3.8) is 0 Å². The van der Waals surface area contributed by atoms with Crippen molar-refractivity contribution >= 4 is 0 Å². The molecule has 0 amide bonds. The third-order valence-corrected chi connectivity index (χ3v) is 3.57. The van der Waals surface area contributed by atoms with Crippen LogP contribution in [0.4, 0.5) is 0 Å². The quantitative estimate of drug-likeness (QED) is 0.802. The Kier molecular flexibility index (Phi) is 3.92. The molecule has 0 bridgehead atoms. The van der Waals surface area contributed by atoms with Gasteiger partial charge >= 0.3 is 0 Å². The molecule has 0 aliphatic rings. The molecular weight excluding hydrogens is 182 g/mol. The van der Waals surface area contributed by atoms with Crippen molar-refractivity contribution in [2.75, 3.05) is 0 Å². The predicted molar refractivity (Wildman–Crippen MR) is 66.9 cm³/mol. The lowest BCUT2D eigenvalue weighted by atomic mass is 9.80. The van der Waals surface area contributed by atoms with Crippen LogP contribution in [0.5, 0.6) is 0 Å². The fourth-order valence-corrected chi connectivity index (χ4v) is 1.86. The van der Waals surface area contributed by atoms with Crippen molar-refractivity contribution < 1.29 is 0 Å². The van der Waals surface area contributed by atoms with E-state index in [0.29, 0.717) is 5.92 Å². The van der Waals surface area contributed by atoms with Gasteiger partial charge in [-0.25, -0.2) is 0 Å². The molecule has 0 spiro atoms. The van der Waals surface area contributed by atoms with E-state index in [1.54, 1.807) is 0 Å². The standard InChI is InChI=1S/C14H23N/c1-5-12(3)14(4,15)10-13-9-7-6-8-11(13)2/h6-9,12H,5,10,15H2,1-4H3. The van der Waals surface area contributed by atoms with Gasteiger partial charge in [0.15, 0.2) is 0 Å². The Morgan fingerprint density at radius 1 is 1.33 bits per heavy atom. The summed E-state index contributed by atoms with van der Waals surface area (Å²) < 4.78 is 0. The van der Waals surface area contributed by atoms with Crippen molar-refractivity contribution in [2.24, 2.45) is 11.7 Å². The lowest BCUT2D eigenvalue weighted by Gasteiger charge is -2.31. The molecule has 0 radical (unpaired) electrons. The van der Waals surface area contributed by atoms with E-state index in [1.165, 1.54) is 11.1 Å². The van der Waals surface area contributed by atoms with Crippen molar-refractivity contribution in [1.29, 1.82) is 0 Å². The predicted octanol–water partition coefficient (Wildman–Crippen LogP) is 3.30. The van der Waals surface area contributed by atoms with E-state index in [0.717, 1.165) is 12.8 Å². The Labute approximate surface area is 93.7 Å². The Bertz CT molecular complexity index is 315. The summed E-state index contributed by atoms with van der Waals surface area (Å²) in [6, 6.07) is 8.51. The highest BCUT2D eigenvalue weighted by Crippen LogP contribution is 2.23. The molecule has 0 saturated carbocycles. The van der Waals surface area contributed by atoms with Crippen LogP contribution in [-0.4, -0.2) is 5.54 Å². The van der Waals surface area contributed by atoms with Gasteiger partial charge in [-0.15, -0.1) is 0 Å². The molecule has 1 aromatic carbocycles. The van der Waals surface area contributed by atoms with Gasteiger partial charge in [0.25, 0.3) is 0 Å². The second-order valence-electron chi connectivity index (χ2n) is 4.92. The minimum Gasteiger partial charge on any atom is -0.325 e. The summed E-state index contributed by atoms with van der Waals surface area (Å²) in [6.07, 6.45) is 2.10. The lowest BCUT2D eigenvalue weighted by molar-refractivity contribution is 0.306. The minimum atomic E-state index is -0.0964. The molecule has 0 heterocycles. The Hall–Kier alpha value is -0.820. The first-order valence-electron chi connectivity index (χ1n) is 5.80. The Morgan fingerprint density at radius 2 is 1.93 bits per heavy atom. The van der Waals surface area contributed by atoms with E-state index in [1.807, 2.05) is 0 Å². The van der Waals surface area contributed by atoms with Gasteiger partial charge in [-0.3, -0.25) is 0 Å². The van der Waals surface area contributed by atoms with Gasteiger partial charge < -0.3 is 5.73 Å². The first-order valence-corrected chi connectivity index (χ1v) is 5.80. The summed E-state index contributed by atoms with van der Waals surface area (Å²) in [7, 11) is 0. The molecule has 2 unspecified atom stereocenters. The second-order valence-corrected chi connectivity index (χ2v) is 4.92. The van der Waals surface area contributed by atoms with Crippen LogP contribution >= 0.6 is 0 Å². The maximum Gasteiger partial charge on any atom is 0.0192 e. The fraction of sp³-hybridized carbons (Fsp3) is 0.571. The van der Waals surface area contributed by atoms with Gasteiger partial charge in [0.1, 0.15) is 0 Å². The van der Waals surface area contributed by atoms with E-state index >= 15 is 0 Å². The first-order chi connectivity index (χ1) is 6.97. The number of nitrogens with two attached hydrogens (primary N) is 1. The molecular formula is C14H23N. The number of hydrogen-bond acceptors (Lipinski definition) is 1. The van der Waals surface area contributed by atoms with Crippen LogP contribution in [0, 0.1) is 12.8 Å². The van der Waals surface area contributed by atoms with Crippen LogP contribution in [0.1, 0.15) is 38.3 Å². The van der Waals surface area contributed by atoms with Crippen LogP contribution in [0.2, 0.25) is 0 Å². The number of aryl methyl sites for hydroxylation is 1. The second kappa shape index (κ2) is 4.80. The van der Waals surface area contributed by atoms with Crippen LogP contribution in [0.3, 0.4) is 0 Å². The number of rotatable bonds is 4. The van der Waals surface area contributed by atoms with E-state index in [2.05, 4.69) is 52.0 Å². The van der Waals surface area contributed by atoms with Gasteiger partial charge in [-0.05, 0) is 37.3 Å². The zero-order valence-corrected chi connectivity index (χ0v) is 10.4. The SMILES string of the molecule is CCC(C)C(C)(N)Cc1ccccc1C. The topological polar surface area (TPSA) is 26.0 Å². The van der Waals surface area contributed by atoms with Gasteiger partial charge in [0, 0.05) is 5.54 Å². The molecule has 1 nitrogen and oxygen atoms in total. The summed E-state index contributed by atoms with van der Waals surface area (Å²) in [5.74, 6) is 0.553. The molecule has 84 valence electrons. The highest BCUT2D eigenvalue weighted by molar-refractivity contribution is 5.27. The molecule has 1 heteroatoms. The zero-order valence-electron chi connectivity index (χ0n) is 10.4. The third-order valence-electron chi connectivity index (χ3n) is 3.57.